The Morgan fingerprint density at radius 3 is 2.68 bits per heavy atom. The second-order valence-electron chi connectivity index (χ2n) is 6.57. The molecule has 0 spiro atoms. The minimum atomic E-state index is 0.182. The first-order chi connectivity index (χ1) is 9.33. The van der Waals surface area contributed by atoms with Crippen LogP contribution in [0, 0.1) is 11.8 Å². The number of rotatable bonds is 3. The molecule has 2 aliphatic heterocycles. The highest BCUT2D eigenvalue weighted by molar-refractivity contribution is 5.77. The Labute approximate surface area is 116 Å². The van der Waals surface area contributed by atoms with Gasteiger partial charge >= 0.3 is 6.03 Å². The quantitative estimate of drug-likeness (QED) is 0.819. The van der Waals surface area contributed by atoms with Crippen LogP contribution in [0.15, 0.2) is 0 Å². The predicted molar refractivity (Wildman–Crippen MR) is 76.1 cm³/mol. The summed E-state index contributed by atoms with van der Waals surface area (Å²) in [4.78, 5) is 14.2. The summed E-state index contributed by atoms with van der Waals surface area (Å²) < 4.78 is 0. The summed E-state index contributed by atoms with van der Waals surface area (Å²) >= 11 is 0. The molecule has 4 nitrogen and oxygen atoms in total. The SMILES string of the molecule is O=C1NC(C2CCCCC2)CN1CC1CCCNC1. The highest BCUT2D eigenvalue weighted by Gasteiger charge is 2.35. The van der Waals surface area contributed by atoms with Gasteiger partial charge in [-0.15, -0.1) is 0 Å². The van der Waals surface area contributed by atoms with Gasteiger partial charge in [-0.1, -0.05) is 19.3 Å². The van der Waals surface area contributed by atoms with Gasteiger partial charge in [-0.25, -0.2) is 4.79 Å². The fourth-order valence-electron chi connectivity index (χ4n) is 3.97. The molecule has 2 amide bonds. The van der Waals surface area contributed by atoms with E-state index in [1.165, 1.54) is 44.9 Å². The van der Waals surface area contributed by atoms with E-state index in [9.17, 15) is 4.79 Å². The molecule has 0 aromatic carbocycles. The van der Waals surface area contributed by atoms with Gasteiger partial charge in [-0.3, -0.25) is 0 Å². The number of hydrogen-bond donors (Lipinski definition) is 2. The maximum atomic E-state index is 12.1. The van der Waals surface area contributed by atoms with E-state index in [0.29, 0.717) is 12.0 Å². The lowest BCUT2D eigenvalue weighted by atomic mass is 9.84. The van der Waals surface area contributed by atoms with E-state index in [2.05, 4.69) is 15.5 Å². The second kappa shape index (κ2) is 6.12. The van der Waals surface area contributed by atoms with Crippen LogP contribution in [0.4, 0.5) is 4.79 Å². The minimum absolute atomic E-state index is 0.182. The molecule has 0 aromatic rings. The number of urea groups is 1. The summed E-state index contributed by atoms with van der Waals surface area (Å²) in [6.07, 6.45) is 9.23. The molecule has 2 unspecified atom stereocenters. The van der Waals surface area contributed by atoms with Crippen LogP contribution in [0.5, 0.6) is 0 Å². The molecule has 0 aromatic heterocycles. The fraction of sp³-hybridized carbons (Fsp3) is 0.933. The molecule has 3 rings (SSSR count). The van der Waals surface area contributed by atoms with Crippen molar-refractivity contribution in [1.29, 1.82) is 0 Å². The Kier molecular flexibility index (Phi) is 4.26. The molecule has 108 valence electrons. The molecule has 19 heavy (non-hydrogen) atoms. The standard InChI is InChI=1S/C15H27N3O/c19-15-17-14(13-6-2-1-3-7-13)11-18(15)10-12-5-4-8-16-9-12/h12-14,16H,1-11H2,(H,17,19). The van der Waals surface area contributed by atoms with Crippen molar-refractivity contribution >= 4 is 6.03 Å². The van der Waals surface area contributed by atoms with Gasteiger partial charge in [-0.2, -0.15) is 0 Å². The zero-order valence-electron chi connectivity index (χ0n) is 11.9. The number of hydrogen-bond acceptors (Lipinski definition) is 2. The van der Waals surface area contributed by atoms with Crippen LogP contribution in [0.1, 0.15) is 44.9 Å². The van der Waals surface area contributed by atoms with Crippen molar-refractivity contribution in [2.45, 2.75) is 51.0 Å². The van der Waals surface area contributed by atoms with Crippen molar-refractivity contribution in [3.8, 4) is 0 Å². The summed E-state index contributed by atoms with van der Waals surface area (Å²) in [5, 5.41) is 6.67. The number of nitrogens with one attached hydrogen (secondary N) is 2. The third-order valence-electron chi connectivity index (χ3n) is 5.11. The van der Waals surface area contributed by atoms with E-state index in [-0.39, 0.29) is 6.03 Å². The van der Waals surface area contributed by atoms with Gasteiger partial charge in [-0.05, 0) is 50.6 Å². The summed E-state index contributed by atoms with van der Waals surface area (Å²) in [5.74, 6) is 1.39. The van der Waals surface area contributed by atoms with Crippen LogP contribution in [0.2, 0.25) is 0 Å². The third kappa shape index (κ3) is 3.22. The van der Waals surface area contributed by atoms with E-state index >= 15 is 0 Å². The van der Waals surface area contributed by atoms with E-state index < -0.39 is 0 Å². The highest BCUT2D eigenvalue weighted by atomic mass is 16.2. The smallest absolute Gasteiger partial charge is 0.317 e. The van der Waals surface area contributed by atoms with Crippen LogP contribution in [-0.4, -0.2) is 43.2 Å². The summed E-state index contributed by atoms with van der Waals surface area (Å²) in [6, 6.07) is 0.602. The van der Waals surface area contributed by atoms with Crippen LogP contribution >= 0.6 is 0 Å². The minimum Gasteiger partial charge on any atom is -0.333 e. The van der Waals surface area contributed by atoms with Crippen molar-refractivity contribution in [2.75, 3.05) is 26.2 Å². The molecule has 2 saturated heterocycles. The zero-order valence-corrected chi connectivity index (χ0v) is 11.9. The number of amides is 2. The molecular formula is C15H27N3O. The Hall–Kier alpha value is -0.770. The van der Waals surface area contributed by atoms with E-state index in [4.69, 9.17) is 0 Å². The fourth-order valence-corrected chi connectivity index (χ4v) is 3.97. The van der Waals surface area contributed by atoms with Gasteiger partial charge in [0.1, 0.15) is 0 Å². The average molecular weight is 265 g/mol. The first-order valence-corrected chi connectivity index (χ1v) is 8.09. The summed E-state index contributed by atoms with van der Waals surface area (Å²) in [6.45, 7) is 4.12. The number of carbonyl (C=O) groups excluding carboxylic acids is 1. The largest absolute Gasteiger partial charge is 0.333 e. The topological polar surface area (TPSA) is 44.4 Å². The molecule has 0 bridgehead atoms. The molecule has 3 fully saturated rings. The van der Waals surface area contributed by atoms with Crippen molar-refractivity contribution in [1.82, 2.24) is 15.5 Å². The average Bonchev–Trinajstić information content (AvgIpc) is 2.82. The van der Waals surface area contributed by atoms with E-state index in [1.807, 2.05) is 0 Å². The van der Waals surface area contributed by atoms with E-state index in [0.717, 1.165) is 32.1 Å². The first kappa shape index (κ1) is 13.2. The molecule has 4 heteroatoms. The van der Waals surface area contributed by atoms with Crippen LogP contribution in [0.3, 0.4) is 0 Å². The lowest BCUT2D eigenvalue weighted by molar-refractivity contribution is 0.201. The Balaban J connectivity index is 1.51. The van der Waals surface area contributed by atoms with Gasteiger partial charge in [0.2, 0.25) is 0 Å². The number of nitrogens with zero attached hydrogens (tertiary/aromatic N) is 1. The summed E-state index contributed by atoms with van der Waals surface area (Å²) in [7, 11) is 0. The zero-order chi connectivity index (χ0) is 13.1. The second-order valence-corrected chi connectivity index (χ2v) is 6.57. The predicted octanol–water partition coefficient (Wildman–Crippen LogP) is 1.96. The summed E-state index contributed by atoms with van der Waals surface area (Å²) in [5.41, 5.74) is 0. The lowest BCUT2D eigenvalue weighted by Gasteiger charge is -2.28. The first-order valence-electron chi connectivity index (χ1n) is 8.09. The highest BCUT2D eigenvalue weighted by Crippen LogP contribution is 2.29. The van der Waals surface area contributed by atoms with Gasteiger partial charge in [0.05, 0.1) is 6.04 Å². The van der Waals surface area contributed by atoms with Crippen molar-refractivity contribution in [2.24, 2.45) is 11.8 Å². The molecule has 1 saturated carbocycles. The third-order valence-corrected chi connectivity index (χ3v) is 5.11. The molecule has 2 heterocycles. The monoisotopic (exact) mass is 265 g/mol. The van der Waals surface area contributed by atoms with E-state index in [1.54, 1.807) is 0 Å². The normalized spacial score (nSPS) is 33.5. The molecular weight excluding hydrogens is 238 g/mol. The Morgan fingerprint density at radius 2 is 1.95 bits per heavy atom. The molecule has 0 radical (unpaired) electrons. The van der Waals surface area contributed by atoms with Gasteiger partial charge < -0.3 is 15.5 Å². The Morgan fingerprint density at radius 1 is 1.11 bits per heavy atom. The lowest BCUT2D eigenvalue weighted by Crippen LogP contribution is -2.39. The molecule has 2 atom stereocenters. The van der Waals surface area contributed by atoms with Gasteiger partial charge in [0.15, 0.2) is 0 Å². The van der Waals surface area contributed by atoms with Gasteiger partial charge in [0, 0.05) is 13.1 Å². The van der Waals surface area contributed by atoms with Crippen LogP contribution in [0.25, 0.3) is 0 Å². The van der Waals surface area contributed by atoms with Crippen molar-refractivity contribution in [3.05, 3.63) is 0 Å². The van der Waals surface area contributed by atoms with Crippen LogP contribution < -0.4 is 10.6 Å². The number of carbonyl (C=O) groups is 1. The maximum absolute atomic E-state index is 12.1. The van der Waals surface area contributed by atoms with Gasteiger partial charge in [0.25, 0.3) is 0 Å². The maximum Gasteiger partial charge on any atom is 0.317 e. The van der Waals surface area contributed by atoms with Crippen LogP contribution in [-0.2, 0) is 0 Å². The van der Waals surface area contributed by atoms with Crippen molar-refractivity contribution in [3.63, 3.8) is 0 Å². The molecule has 2 N–H and O–H groups in total. The molecule has 1 aliphatic carbocycles. The molecule has 3 aliphatic rings. The Bertz CT molecular complexity index is 309. The number of piperidine rings is 1. The van der Waals surface area contributed by atoms with Crippen molar-refractivity contribution < 1.29 is 4.79 Å².